The first kappa shape index (κ1) is 14.2. The summed E-state index contributed by atoms with van der Waals surface area (Å²) in [5, 5.41) is 7.64. The molecule has 0 aliphatic rings. The van der Waals surface area contributed by atoms with Crippen LogP contribution in [0.15, 0.2) is 12.4 Å². The maximum atomic E-state index is 5.57. The summed E-state index contributed by atoms with van der Waals surface area (Å²) in [4.78, 5) is 0. The molecule has 1 N–H and O–H groups in total. The largest absolute Gasteiger partial charge is 0.382 e. The second-order valence-corrected chi connectivity index (χ2v) is 4.02. The molecule has 0 aromatic carbocycles. The van der Waals surface area contributed by atoms with E-state index in [-0.39, 0.29) is 6.04 Å². The number of rotatable bonds is 9. The predicted octanol–water partition coefficient (Wildman–Crippen LogP) is 1.12. The van der Waals surface area contributed by atoms with Crippen LogP contribution in [0.2, 0.25) is 0 Å². The SMILES string of the molecule is CCCNC(COCCOC)c1cnn(C)c1. The molecule has 0 bridgehead atoms. The molecule has 1 aromatic rings. The number of methoxy groups -OCH3 is 1. The smallest absolute Gasteiger partial charge is 0.0701 e. The van der Waals surface area contributed by atoms with Crippen molar-refractivity contribution in [3.05, 3.63) is 18.0 Å². The van der Waals surface area contributed by atoms with Gasteiger partial charge in [-0.05, 0) is 13.0 Å². The van der Waals surface area contributed by atoms with Gasteiger partial charge in [-0.15, -0.1) is 0 Å². The van der Waals surface area contributed by atoms with Gasteiger partial charge in [0, 0.05) is 25.9 Å². The second kappa shape index (κ2) is 8.22. The van der Waals surface area contributed by atoms with Gasteiger partial charge in [-0.25, -0.2) is 0 Å². The summed E-state index contributed by atoms with van der Waals surface area (Å²) in [7, 11) is 3.60. The first-order chi connectivity index (χ1) is 8.27. The van der Waals surface area contributed by atoms with Gasteiger partial charge in [0.05, 0.1) is 32.1 Å². The molecular weight excluding hydrogens is 218 g/mol. The van der Waals surface area contributed by atoms with Crippen LogP contribution in [0.25, 0.3) is 0 Å². The molecule has 1 aromatic heterocycles. The van der Waals surface area contributed by atoms with E-state index in [2.05, 4.69) is 17.3 Å². The van der Waals surface area contributed by atoms with Gasteiger partial charge >= 0.3 is 0 Å². The molecule has 1 rings (SSSR count). The van der Waals surface area contributed by atoms with Crippen LogP contribution in [-0.4, -0.2) is 43.3 Å². The third-order valence-corrected chi connectivity index (χ3v) is 2.48. The molecule has 1 unspecified atom stereocenters. The van der Waals surface area contributed by atoms with Gasteiger partial charge in [0.15, 0.2) is 0 Å². The van der Waals surface area contributed by atoms with E-state index in [4.69, 9.17) is 9.47 Å². The average Bonchev–Trinajstić information content (AvgIpc) is 2.75. The van der Waals surface area contributed by atoms with Gasteiger partial charge in [0.1, 0.15) is 0 Å². The third-order valence-electron chi connectivity index (χ3n) is 2.48. The Kier molecular flexibility index (Phi) is 6.84. The van der Waals surface area contributed by atoms with Gasteiger partial charge in [0.25, 0.3) is 0 Å². The standard InChI is InChI=1S/C12H23N3O2/c1-4-5-13-12(10-17-7-6-16-3)11-8-14-15(2)9-11/h8-9,12-13H,4-7,10H2,1-3H3. The summed E-state index contributed by atoms with van der Waals surface area (Å²) in [5.74, 6) is 0. The maximum Gasteiger partial charge on any atom is 0.0701 e. The summed E-state index contributed by atoms with van der Waals surface area (Å²) in [6, 6.07) is 0.209. The van der Waals surface area contributed by atoms with E-state index in [1.54, 1.807) is 7.11 Å². The normalized spacial score (nSPS) is 12.9. The van der Waals surface area contributed by atoms with E-state index in [0.29, 0.717) is 19.8 Å². The van der Waals surface area contributed by atoms with Gasteiger partial charge < -0.3 is 14.8 Å². The van der Waals surface area contributed by atoms with Gasteiger partial charge in [-0.1, -0.05) is 6.92 Å². The third kappa shape index (κ3) is 5.30. The highest BCUT2D eigenvalue weighted by Gasteiger charge is 2.12. The number of aromatic nitrogens is 2. The summed E-state index contributed by atoms with van der Waals surface area (Å²) in [6.45, 7) is 5.04. The summed E-state index contributed by atoms with van der Waals surface area (Å²) < 4.78 is 12.3. The van der Waals surface area contributed by atoms with Crippen LogP contribution < -0.4 is 5.32 Å². The Morgan fingerprint density at radius 3 is 2.88 bits per heavy atom. The molecule has 0 aliphatic heterocycles. The van der Waals surface area contributed by atoms with Gasteiger partial charge in [-0.3, -0.25) is 4.68 Å². The molecule has 17 heavy (non-hydrogen) atoms. The first-order valence-electron chi connectivity index (χ1n) is 6.06. The number of nitrogens with one attached hydrogen (secondary N) is 1. The lowest BCUT2D eigenvalue weighted by atomic mass is 10.1. The van der Waals surface area contributed by atoms with Crippen molar-refractivity contribution in [2.45, 2.75) is 19.4 Å². The fourth-order valence-electron chi connectivity index (χ4n) is 1.56. The van der Waals surface area contributed by atoms with Crippen molar-refractivity contribution in [3.63, 3.8) is 0 Å². The van der Waals surface area contributed by atoms with Crippen LogP contribution in [0.3, 0.4) is 0 Å². The average molecular weight is 241 g/mol. The van der Waals surface area contributed by atoms with Crippen molar-refractivity contribution in [2.24, 2.45) is 7.05 Å². The number of aryl methyl sites for hydroxylation is 1. The number of nitrogens with zero attached hydrogens (tertiary/aromatic N) is 2. The Labute approximate surface area is 103 Å². The molecule has 1 atom stereocenters. The summed E-state index contributed by atoms with van der Waals surface area (Å²) in [5.41, 5.74) is 1.17. The molecule has 5 heteroatoms. The van der Waals surface area contributed by atoms with Crippen LogP contribution in [0, 0.1) is 0 Å². The van der Waals surface area contributed by atoms with Crippen LogP contribution >= 0.6 is 0 Å². The molecule has 0 radical (unpaired) electrons. The number of ether oxygens (including phenoxy) is 2. The molecule has 0 saturated carbocycles. The van der Waals surface area contributed by atoms with Gasteiger partial charge in [-0.2, -0.15) is 5.10 Å². The van der Waals surface area contributed by atoms with E-state index in [0.717, 1.165) is 13.0 Å². The lowest BCUT2D eigenvalue weighted by molar-refractivity contribution is 0.0586. The van der Waals surface area contributed by atoms with Crippen molar-refractivity contribution in [3.8, 4) is 0 Å². The summed E-state index contributed by atoms with van der Waals surface area (Å²) in [6.07, 6.45) is 5.01. The molecule has 5 nitrogen and oxygen atoms in total. The first-order valence-corrected chi connectivity index (χ1v) is 6.06. The minimum Gasteiger partial charge on any atom is -0.382 e. The fraction of sp³-hybridized carbons (Fsp3) is 0.750. The van der Waals surface area contributed by atoms with Crippen molar-refractivity contribution in [2.75, 3.05) is 33.5 Å². The lowest BCUT2D eigenvalue weighted by Crippen LogP contribution is -2.26. The van der Waals surface area contributed by atoms with Crippen LogP contribution in [0.4, 0.5) is 0 Å². The highest BCUT2D eigenvalue weighted by atomic mass is 16.5. The number of hydrogen-bond donors (Lipinski definition) is 1. The van der Waals surface area contributed by atoms with Crippen LogP contribution in [-0.2, 0) is 16.5 Å². The predicted molar refractivity (Wildman–Crippen MR) is 66.9 cm³/mol. The minimum atomic E-state index is 0.209. The maximum absolute atomic E-state index is 5.57. The van der Waals surface area contributed by atoms with E-state index in [9.17, 15) is 0 Å². The molecular formula is C12H23N3O2. The quantitative estimate of drug-likeness (QED) is 0.658. The molecule has 98 valence electrons. The monoisotopic (exact) mass is 241 g/mol. The Balaban J connectivity index is 2.42. The highest BCUT2D eigenvalue weighted by Crippen LogP contribution is 2.12. The molecule has 1 heterocycles. The Morgan fingerprint density at radius 2 is 2.29 bits per heavy atom. The minimum absolute atomic E-state index is 0.209. The van der Waals surface area contributed by atoms with Crippen molar-refractivity contribution in [1.29, 1.82) is 0 Å². The van der Waals surface area contributed by atoms with E-state index in [1.165, 1.54) is 5.56 Å². The van der Waals surface area contributed by atoms with E-state index < -0.39 is 0 Å². The van der Waals surface area contributed by atoms with Crippen molar-refractivity contribution >= 4 is 0 Å². The topological polar surface area (TPSA) is 48.3 Å². The zero-order valence-corrected chi connectivity index (χ0v) is 11.0. The highest BCUT2D eigenvalue weighted by molar-refractivity contribution is 5.10. The van der Waals surface area contributed by atoms with Crippen LogP contribution in [0.5, 0.6) is 0 Å². The summed E-state index contributed by atoms with van der Waals surface area (Å²) >= 11 is 0. The Bertz CT molecular complexity index is 302. The molecule has 0 fully saturated rings. The molecule has 0 saturated heterocycles. The van der Waals surface area contributed by atoms with Crippen molar-refractivity contribution in [1.82, 2.24) is 15.1 Å². The zero-order valence-electron chi connectivity index (χ0n) is 11.0. The molecule has 0 aliphatic carbocycles. The Morgan fingerprint density at radius 1 is 1.47 bits per heavy atom. The lowest BCUT2D eigenvalue weighted by Gasteiger charge is -2.17. The van der Waals surface area contributed by atoms with E-state index in [1.807, 2.05) is 24.1 Å². The number of hydrogen-bond acceptors (Lipinski definition) is 4. The van der Waals surface area contributed by atoms with Crippen molar-refractivity contribution < 1.29 is 9.47 Å². The Hall–Kier alpha value is -0.910. The second-order valence-electron chi connectivity index (χ2n) is 4.02. The fourth-order valence-corrected chi connectivity index (χ4v) is 1.56. The van der Waals surface area contributed by atoms with Crippen LogP contribution in [0.1, 0.15) is 24.9 Å². The molecule has 0 spiro atoms. The zero-order chi connectivity index (χ0) is 12.5. The molecule has 0 amide bonds. The van der Waals surface area contributed by atoms with Gasteiger partial charge in [0.2, 0.25) is 0 Å². The van der Waals surface area contributed by atoms with E-state index >= 15 is 0 Å².